The van der Waals surface area contributed by atoms with Gasteiger partial charge in [0.2, 0.25) is 5.91 Å². The Morgan fingerprint density at radius 1 is 1.07 bits per heavy atom. The fourth-order valence-corrected chi connectivity index (χ4v) is 2.75. The highest BCUT2D eigenvalue weighted by Gasteiger charge is 2.36. The van der Waals surface area contributed by atoms with Gasteiger partial charge in [-0.15, -0.1) is 0 Å². The number of ketones is 1. The number of benzene rings is 2. The number of ether oxygens (including phenoxy) is 1. The fourth-order valence-electron chi connectivity index (χ4n) is 2.75. The highest BCUT2D eigenvalue weighted by Crippen LogP contribution is 2.28. The minimum absolute atomic E-state index is 0.288. The SMILES string of the molecule is CCCOC(=O)c1cccc(NC(=O)CN2C(=O)C(=O)c3ccccc32)c1. The molecule has 3 rings (SSSR count). The Kier molecular flexibility index (Phi) is 5.30. The highest BCUT2D eigenvalue weighted by atomic mass is 16.5. The van der Waals surface area contributed by atoms with Crippen LogP contribution in [0.4, 0.5) is 11.4 Å². The highest BCUT2D eigenvalue weighted by molar-refractivity contribution is 6.52. The summed E-state index contributed by atoms with van der Waals surface area (Å²) in [6.45, 7) is 1.92. The number of nitrogens with one attached hydrogen (secondary N) is 1. The molecule has 138 valence electrons. The number of rotatable bonds is 6. The molecule has 1 N–H and O–H groups in total. The van der Waals surface area contributed by atoms with Crippen molar-refractivity contribution in [2.75, 3.05) is 23.4 Å². The molecule has 0 atom stereocenters. The van der Waals surface area contributed by atoms with Crippen molar-refractivity contribution in [3.63, 3.8) is 0 Å². The van der Waals surface area contributed by atoms with Gasteiger partial charge in [0, 0.05) is 5.69 Å². The minimum Gasteiger partial charge on any atom is -0.462 e. The molecule has 1 aliphatic heterocycles. The van der Waals surface area contributed by atoms with Crippen LogP contribution in [-0.2, 0) is 14.3 Å². The zero-order valence-corrected chi connectivity index (χ0v) is 14.7. The van der Waals surface area contributed by atoms with Gasteiger partial charge in [-0.1, -0.05) is 25.1 Å². The van der Waals surface area contributed by atoms with Crippen LogP contribution in [0.1, 0.15) is 34.1 Å². The zero-order valence-electron chi connectivity index (χ0n) is 14.7. The molecule has 0 fully saturated rings. The predicted molar refractivity (Wildman–Crippen MR) is 98.8 cm³/mol. The Balaban J connectivity index is 1.69. The summed E-state index contributed by atoms with van der Waals surface area (Å²) in [5.41, 5.74) is 1.42. The van der Waals surface area contributed by atoms with Crippen LogP contribution in [0.15, 0.2) is 48.5 Å². The topological polar surface area (TPSA) is 92.8 Å². The van der Waals surface area contributed by atoms with Crippen LogP contribution in [-0.4, -0.2) is 36.7 Å². The Bertz CT molecular complexity index is 922. The first-order chi connectivity index (χ1) is 13.0. The van der Waals surface area contributed by atoms with Gasteiger partial charge >= 0.3 is 5.97 Å². The molecule has 0 unspecified atom stereocenters. The molecule has 7 heteroatoms. The van der Waals surface area contributed by atoms with Crippen molar-refractivity contribution in [1.29, 1.82) is 0 Å². The quantitative estimate of drug-likeness (QED) is 0.626. The second-order valence-electron chi connectivity index (χ2n) is 6.00. The molecular weight excluding hydrogens is 348 g/mol. The molecule has 1 aliphatic rings. The fraction of sp³-hybridized carbons (Fsp3) is 0.200. The average molecular weight is 366 g/mol. The van der Waals surface area contributed by atoms with Crippen molar-refractivity contribution < 1.29 is 23.9 Å². The molecule has 0 aliphatic carbocycles. The standard InChI is InChI=1S/C20H18N2O5/c1-2-10-27-20(26)13-6-5-7-14(11-13)21-17(23)12-22-16-9-4-3-8-15(16)18(24)19(22)25/h3-9,11H,2,10,12H2,1H3,(H,21,23). The van der Waals surface area contributed by atoms with E-state index in [4.69, 9.17) is 4.74 Å². The van der Waals surface area contributed by atoms with E-state index in [9.17, 15) is 19.2 Å². The van der Waals surface area contributed by atoms with Crippen molar-refractivity contribution in [2.24, 2.45) is 0 Å². The summed E-state index contributed by atoms with van der Waals surface area (Å²) in [5, 5.41) is 2.63. The van der Waals surface area contributed by atoms with E-state index in [2.05, 4.69) is 5.32 Å². The number of amides is 2. The monoisotopic (exact) mass is 366 g/mol. The molecule has 0 bridgehead atoms. The summed E-state index contributed by atoms with van der Waals surface area (Å²) < 4.78 is 5.07. The molecule has 1 heterocycles. The molecule has 0 spiro atoms. The third-order valence-electron chi connectivity index (χ3n) is 4.00. The molecule has 7 nitrogen and oxygen atoms in total. The van der Waals surface area contributed by atoms with E-state index in [1.165, 1.54) is 6.07 Å². The van der Waals surface area contributed by atoms with E-state index >= 15 is 0 Å². The lowest BCUT2D eigenvalue weighted by Gasteiger charge is -2.16. The normalized spacial score (nSPS) is 12.7. The maximum absolute atomic E-state index is 12.4. The molecule has 2 amide bonds. The second-order valence-corrected chi connectivity index (χ2v) is 6.00. The molecule has 0 radical (unpaired) electrons. The lowest BCUT2D eigenvalue weighted by Crippen LogP contribution is -2.37. The van der Waals surface area contributed by atoms with E-state index in [-0.39, 0.29) is 12.1 Å². The van der Waals surface area contributed by atoms with Crippen LogP contribution in [0.2, 0.25) is 0 Å². The smallest absolute Gasteiger partial charge is 0.338 e. The molecule has 27 heavy (non-hydrogen) atoms. The summed E-state index contributed by atoms with van der Waals surface area (Å²) in [7, 11) is 0. The number of anilines is 2. The van der Waals surface area contributed by atoms with Gasteiger partial charge < -0.3 is 10.1 Å². The van der Waals surface area contributed by atoms with Crippen LogP contribution >= 0.6 is 0 Å². The summed E-state index contributed by atoms with van der Waals surface area (Å²) in [5.74, 6) is -2.31. The lowest BCUT2D eigenvalue weighted by molar-refractivity contribution is -0.118. The summed E-state index contributed by atoms with van der Waals surface area (Å²) in [6, 6.07) is 12.9. The Labute approximate surface area is 155 Å². The summed E-state index contributed by atoms with van der Waals surface area (Å²) in [4.78, 5) is 49.5. The number of Topliss-reactive ketones (excluding diaryl/α,β-unsaturated/α-hetero) is 1. The van der Waals surface area contributed by atoms with Crippen LogP contribution in [0.5, 0.6) is 0 Å². The number of esters is 1. The Morgan fingerprint density at radius 2 is 1.85 bits per heavy atom. The number of nitrogens with zero attached hydrogens (tertiary/aromatic N) is 1. The lowest BCUT2D eigenvalue weighted by atomic mass is 10.1. The molecular formula is C20H18N2O5. The average Bonchev–Trinajstić information content (AvgIpc) is 2.91. The van der Waals surface area contributed by atoms with Crippen LogP contribution in [0, 0.1) is 0 Å². The van der Waals surface area contributed by atoms with Gasteiger partial charge in [-0.05, 0) is 36.8 Å². The van der Waals surface area contributed by atoms with Gasteiger partial charge in [-0.25, -0.2) is 4.79 Å². The number of fused-ring (bicyclic) bond motifs is 1. The van der Waals surface area contributed by atoms with E-state index in [0.29, 0.717) is 30.0 Å². The van der Waals surface area contributed by atoms with Crippen LogP contribution < -0.4 is 10.2 Å². The Morgan fingerprint density at radius 3 is 2.63 bits per heavy atom. The van der Waals surface area contributed by atoms with Crippen molar-refractivity contribution >= 4 is 34.9 Å². The van der Waals surface area contributed by atoms with E-state index < -0.39 is 23.6 Å². The molecule has 0 saturated heterocycles. The van der Waals surface area contributed by atoms with Gasteiger partial charge in [0.15, 0.2) is 0 Å². The van der Waals surface area contributed by atoms with Crippen molar-refractivity contribution in [3.05, 3.63) is 59.7 Å². The van der Waals surface area contributed by atoms with Crippen molar-refractivity contribution in [2.45, 2.75) is 13.3 Å². The first-order valence-corrected chi connectivity index (χ1v) is 8.53. The first kappa shape index (κ1) is 18.3. The van der Waals surface area contributed by atoms with Crippen molar-refractivity contribution in [1.82, 2.24) is 0 Å². The van der Waals surface area contributed by atoms with Crippen LogP contribution in [0.25, 0.3) is 0 Å². The van der Waals surface area contributed by atoms with E-state index in [1.54, 1.807) is 42.5 Å². The number of hydrogen-bond acceptors (Lipinski definition) is 5. The summed E-state index contributed by atoms with van der Waals surface area (Å²) >= 11 is 0. The van der Waals surface area contributed by atoms with Crippen molar-refractivity contribution in [3.8, 4) is 0 Å². The Hall–Kier alpha value is -3.48. The van der Waals surface area contributed by atoms with E-state index in [1.807, 2.05) is 6.92 Å². The summed E-state index contributed by atoms with van der Waals surface area (Å²) in [6.07, 6.45) is 0.715. The third kappa shape index (κ3) is 3.87. The van der Waals surface area contributed by atoms with Gasteiger partial charge in [0.1, 0.15) is 6.54 Å². The maximum Gasteiger partial charge on any atom is 0.338 e. The number of carbonyl (C=O) groups excluding carboxylic acids is 4. The number of carbonyl (C=O) groups is 4. The molecule has 2 aromatic rings. The number of hydrogen-bond donors (Lipinski definition) is 1. The van der Waals surface area contributed by atoms with Gasteiger partial charge in [0.25, 0.3) is 11.7 Å². The van der Waals surface area contributed by atoms with Crippen LogP contribution in [0.3, 0.4) is 0 Å². The predicted octanol–water partition coefficient (Wildman–Crippen LogP) is 2.42. The second kappa shape index (κ2) is 7.82. The zero-order chi connectivity index (χ0) is 19.4. The molecule has 2 aromatic carbocycles. The third-order valence-corrected chi connectivity index (χ3v) is 4.00. The molecule has 0 aromatic heterocycles. The van der Waals surface area contributed by atoms with E-state index in [0.717, 1.165) is 4.90 Å². The number of para-hydroxylation sites is 1. The first-order valence-electron chi connectivity index (χ1n) is 8.53. The van der Waals surface area contributed by atoms with Gasteiger partial charge in [-0.3, -0.25) is 19.3 Å². The van der Waals surface area contributed by atoms with Gasteiger partial charge in [0.05, 0.1) is 23.4 Å². The minimum atomic E-state index is -0.733. The van der Waals surface area contributed by atoms with Gasteiger partial charge in [-0.2, -0.15) is 0 Å². The maximum atomic E-state index is 12.4. The molecule has 0 saturated carbocycles. The largest absolute Gasteiger partial charge is 0.462 e.